The Balaban J connectivity index is 2.02. The second-order valence-corrected chi connectivity index (χ2v) is 7.42. The largest absolute Gasteiger partial charge is 0.423 e. The molecular weight excluding hydrogens is 398 g/mol. The Bertz CT molecular complexity index is 609. The number of hydrogen-bond acceptors (Lipinski definition) is 4. The molecule has 21 heavy (non-hydrogen) atoms. The summed E-state index contributed by atoms with van der Waals surface area (Å²) in [5, 5.41) is 3.39. The van der Waals surface area contributed by atoms with E-state index in [1.54, 1.807) is 12.4 Å². The molecule has 0 saturated heterocycles. The molecule has 2 rings (SSSR count). The molecule has 0 spiro atoms. The summed E-state index contributed by atoms with van der Waals surface area (Å²) in [6.07, 6.45) is 3.54. The maximum atomic E-state index is 5.65. The Morgan fingerprint density at radius 1 is 1.14 bits per heavy atom. The summed E-state index contributed by atoms with van der Waals surface area (Å²) in [6, 6.07) is 6.00. The second-order valence-electron chi connectivity index (χ2n) is 5.65. The zero-order valence-electron chi connectivity index (χ0n) is 12.2. The Kier molecular flexibility index (Phi) is 5.35. The highest BCUT2D eigenvalue weighted by Gasteiger charge is 2.09. The van der Waals surface area contributed by atoms with E-state index < -0.39 is 0 Å². The number of ether oxygens (including phenoxy) is 1. The molecule has 0 unspecified atom stereocenters. The number of nitrogens with zero attached hydrogens (tertiary/aromatic N) is 2. The zero-order chi connectivity index (χ0) is 15.5. The third-order valence-corrected chi connectivity index (χ3v) is 3.71. The van der Waals surface area contributed by atoms with Crippen LogP contribution in [0.15, 0.2) is 39.5 Å². The van der Waals surface area contributed by atoms with E-state index in [1.165, 1.54) is 0 Å². The third-order valence-electron chi connectivity index (χ3n) is 2.60. The summed E-state index contributed by atoms with van der Waals surface area (Å²) >= 11 is 6.85. The fourth-order valence-corrected chi connectivity index (χ4v) is 2.64. The number of halogens is 2. The van der Waals surface area contributed by atoms with Crippen molar-refractivity contribution in [2.24, 2.45) is 0 Å². The van der Waals surface area contributed by atoms with E-state index in [9.17, 15) is 0 Å². The van der Waals surface area contributed by atoms with Gasteiger partial charge in [0.1, 0.15) is 5.75 Å². The van der Waals surface area contributed by atoms with Gasteiger partial charge in [0.2, 0.25) is 0 Å². The van der Waals surface area contributed by atoms with Crippen molar-refractivity contribution >= 4 is 31.9 Å². The van der Waals surface area contributed by atoms with Crippen molar-refractivity contribution < 1.29 is 4.74 Å². The molecule has 2 aromatic rings. The standard InChI is InChI=1S/C15H17Br2N3O/c1-15(2,3)20-9-10-7-18-14(19-8-10)21-13-5-4-11(16)6-12(13)17/h4-8,20H,9H2,1-3H3. The van der Waals surface area contributed by atoms with Gasteiger partial charge in [-0.3, -0.25) is 0 Å². The summed E-state index contributed by atoms with van der Waals surface area (Å²) in [4.78, 5) is 8.46. The van der Waals surface area contributed by atoms with Crippen molar-refractivity contribution in [1.82, 2.24) is 15.3 Å². The normalized spacial score (nSPS) is 11.5. The van der Waals surface area contributed by atoms with E-state index >= 15 is 0 Å². The van der Waals surface area contributed by atoms with E-state index in [2.05, 4.69) is 67.9 Å². The number of benzene rings is 1. The van der Waals surface area contributed by atoms with Gasteiger partial charge in [0, 0.05) is 34.5 Å². The van der Waals surface area contributed by atoms with E-state index in [-0.39, 0.29) is 5.54 Å². The minimum absolute atomic E-state index is 0.0669. The van der Waals surface area contributed by atoms with Crippen molar-refractivity contribution in [2.75, 3.05) is 0 Å². The lowest BCUT2D eigenvalue weighted by Crippen LogP contribution is -2.35. The molecule has 0 aliphatic carbocycles. The topological polar surface area (TPSA) is 47.0 Å². The van der Waals surface area contributed by atoms with Gasteiger partial charge in [0.25, 0.3) is 0 Å². The average Bonchev–Trinajstić information content (AvgIpc) is 2.40. The van der Waals surface area contributed by atoms with E-state index in [0.29, 0.717) is 11.8 Å². The lowest BCUT2D eigenvalue weighted by Gasteiger charge is -2.20. The molecule has 6 heteroatoms. The molecule has 1 N–H and O–H groups in total. The summed E-state index contributed by atoms with van der Waals surface area (Å²) in [7, 11) is 0. The third kappa shape index (κ3) is 5.37. The smallest absolute Gasteiger partial charge is 0.321 e. The summed E-state index contributed by atoms with van der Waals surface area (Å²) < 4.78 is 7.48. The number of aromatic nitrogens is 2. The molecule has 0 aliphatic heterocycles. The van der Waals surface area contributed by atoms with Crippen LogP contribution in [0.2, 0.25) is 0 Å². The lowest BCUT2D eigenvalue weighted by molar-refractivity contribution is 0.419. The first-order valence-electron chi connectivity index (χ1n) is 6.52. The van der Waals surface area contributed by atoms with E-state index in [0.717, 1.165) is 21.1 Å². The molecule has 0 fully saturated rings. The van der Waals surface area contributed by atoms with Crippen LogP contribution in [-0.2, 0) is 6.54 Å². The Morgan fingerprint density at radius 2 is 1.81 bits per heavy atom. The van der Waals surface area contributed by atoms with Crippen LogP contribution in [-0.4, -0.2) is 15.5 Å². The highest BCUT2D eigenvalue weighted by molar-refractivity contribution is 9.11. The predicted molar refractivity (Wildman–Crippen MR) is 90.5 cm³/mol. The maximum Gasteiger partial charge on any atom is 0.321 e. The molecule has 0 atom stereocenters. The van der Waals surface area contributed by atoms with Crippen LogP contribution in [0, 0.1) is 0 Å². The monoisotopic (exact) mass is 413 g/mol. The average molecular weight is 415 g/mol. The van der Waals surface area contributed by atoms with Crippen molar-refractivity contribution in [3.05, 3.63) is 45.1 Å². The molecule has 0 amide bonds. The molecule has 1 heterocycles. The lowest BCUT2D eigenvalue weighted by atomic mass is 10.1. The van der Waals surface area contributed by atoms with Crippen molar-refractivity contribution in [2.45, 2.75) is 32.9 Å². The highest BCUT2D eigenvalue weighted by atomic mass is 79.9. The van der Waals surface area contributed by atoms with Crippen LogP contribution >= 0.6 is 31.9 Å². The SMILES string of the molecule is CC(C)(C)NCc1cnc(Oc2ccc(Br)cc2Br)nc1. The summed E-state index contributed by atoms with van der Waals surface area (Å²) in [6.45, 7) is 7.09. The molecular formula is C15H17Br2N3O. The van der Waals surface area contributed by atoms with Crippen molar-refractivity contribution in [3.63, 3.8) is 0 Å². The van der Waals surface area contributed by atoms with Crippen LogP contribution in [0.4, 0.5) is 0 Å². The van der Waals surface area contributed by atoms with Gasteiger partial charge in [-0.2, -0.15) is 0 Å². The molecule has 1 aromatic heterocycles. The minimum Gasteiger partial charge on any atom is -0.423 e. The number of nitrogens with one attached hydrogen (secondary N) is 1. The van der Waals surface area contributed by atoms with Gasteiger partial charge in [-0.15, -0.1) is 0 Å². The zero-order valence-corrected chi connectivity index (χ0v) is 15.3. The fourth-order valence-electron chi connectivity index (χ4n) is 1.51. The first-order valence-corrected chi connectivity index (χ1v) is 8.11. The second kappa shape index (κ2) is 6.85. The van der Waals surface area contributed by atoms with E-state index in [1.807, 2.05) is 18.2 Å². The molecule has 4 nitrogen and oxygen atoms in total. The Hall–Kier alpha value is -0.980. The minimum atomic E-state index is 0.0669. The van der Waals surface area contributed by atoms with Crippen LogP contribution in [0.1, 0.15) is 26.3 Å². The summed E-state index contributed by atoms with van der Waals surface area (Å²) in [5.41, 5.74) is 1.09. The van der Waals surface area contributed by atoms with Gasteiger partial charge < -0.3 is 10.1 Å². The summed E-state index contributed by atoms with van der Waals surface area (Å²) in [5.74, 6) is 0.679. The van der Waals surface area contributed by atoms with Crippen molar-refractivity contribution in [1.29, 1.82) is 0 Å². The molecule has 0 bridgehead atoms. The van der Waals surface area contributed by atoms with Crippen LogP contribution in [0.25, 0.3) is 0 Å². The van der Waals surface area contributed by atoms with Crippen LogP contribution in [0.3, 0.4) is 0 Å². The van der Waals surface area contributed by atoms with Gasteiger partial charge in [-0.05, 0) is 54.9 Å². The molecule has 0 saturated carbocycles. The Morgan fingerprint density at radius 3 is 2.38 bits per heavy atom. The first kappa shape index (κ1) is 16.4. The number of hydrogen-bond donors (Lipinski definition) is 1. The van der Waals surface area contributed by atoms with Crippen LogP contribution in [0.5, 0.6) is 11.8 Å². The molecule has 112 valence electrons. The number of rotatable bonds is 4. The van der Waals surface area contributed by atoms with Gasteiger partial charge in [-0.25, -0.2) is 9.97 Å². The van der Waals surface area contributed by atoms with Gasteiger partial charge in [-0.1, -0.05) is 15.9 Å². The molecule has 0 radical (unpaired) electrons. The Labute approximate surface area is 141 Å². The van der Waals surface area contributed by atoms with Gasteiger partial charge in [0.05, 0.1) is 4.47 Å². The van der Waals surface area contributed by atoms with Gasteiger partial charge >= 0.3 is 6.01 Å². The van der Waals surface area contributed by atoms with Gasteiger partial charge in [0.15, 0.2) is 0 Å². The molecule has 0 aliphatic rings. The fraction of sp³-hybridized carbons (Fsp3) is 0.333. The predicted octanol–water partition coefficient (Wildman–Crippen LogP) is 4.68. The first-order chi connectivity index (χ1) is 9.83. The van der Waals surface area contributed by atoms with Crippen LogP contribution < -0.4 is 10.1 Å². The highest BCUT2D eigenvalue weighted by Crippen LogP contribution is 2.30. The van der Waals surface area contributed by atoms with E-state index in [4.69, 9.17) is 4.74 Å². The van der Waals surface area contributed by atoms with Crippen molar-refractivity contribution in [3.8, 4) is 11.8 Å². The quantitative estimate of drug-likeness (QED) is 0.788. The maximum absolute atomic E-state index is 5.65. The molecule has 1 aromatic carbocycles.